The molecule has 0 spiro atoms. The topological polar surface area (TPSA) is 32.3 Å². The lowest BCUT2D eigenvalue weighted by Crippen LogP contribution is -2.39. The molecule has 1 fully saturated rings. The third kappa shape index (κ3) is 4.23. The number of likely N-dealkylation sites (tertiary alicyclic amines) is 1. The predicted molar refractivity (Wildman–Crippen MR) is 74.5 cm³/mol. The van der Waals surface area contributed by atoms with Crippen LogP contribution in [0.2, 0.25) is 0 Å². The fourth-order valence-corrected chi connectivity index (χ4v) is 2.49. The maximum absolute atomic E-state index is 13.0. The van der Waals surface area contributed by atoms with Gasteiger partial charge in [0.05, 0.1) is 0 Å². The SMILES string of the molecule is CC1CCCN(C(=O)CCNc2cccc(F)c2)C1. The van der Waals surface area contributed by atoms with E-state index in [2.05, 4.69) is 12.2 Å². The van der Waals surface area contributed by atoms with Crippen molar-refractivity contribution in [2.45, 2.75) is 26.2 Å². The van der Waals surface area contributed by atoms with Crippen molar-refractivity contribution in [3.8, 4) is 0 Å². The first kappa shape index (κ1) is 13.8. The standard InChI is InChI=1S/C15H21FN2O/c1-12-4-3-9-18(11-12)15(19)7-8-17-14-6-2-5-13(16)10-14/h2,5-6,10,12,17H,3-4,7-9,11H2,1H3. The van der Waals surface area contributed by atoms with E-state index in [9.17, 15) is 9.18 Å². The lowest BCUT2D eigenvalue weighted by molar-refractivity contribution is -0.132. The Hall–Kier alpha value is -1.58. The number of benzene rings is 1. The number of piperidine rings is 1. The van der Waals surface area contributed by atoms with Crippen molar-refractivity contribution in [2.75, 3.05) is 25.0 Å². The number of anilines is 1. The molecule has 1 saturated heterocycles. The van der Waals surface area contributed by atoms with Crippen LogP contribution in [0.4, 0.5) is 10.1 Å². The number of amides is 1. The third-order valence-corrected chi connectivity index (χ3v) is 3.50. The van der Waals surface area contributed by atoms with Gasteiger partial charge in [0, 0.05) is 31.7 Å². The van der Waals surface area contributed by atoms with Gasteiger partial charge in [0.1, 0.15) is 5.82 Å². The molecule has 0 bridgehead atoms. The summed E-state index contributed by atoms with van der Waals surface area (Å²) in [6.45, 7) is 4.49. The van der Waals surface area contributed by atoms with Gasteiger partial charge >= 0.3 is 0 Å². The molecule has 1 amide bonds. The Morgan fingerprint density at radius 2 is 2.37 bits per heavy atom. The van der Waals surface area contributed by atoms with Crippen LogP contribution in [0.1, 0.15) is 26.2 Å². The number of nitrogens with zero attached hydrogens (tertiary/aromatic N) is 1. The highest BCUT2D eigenvalue weighted by atomic mass is 19.1. The van der Waals surface area contributed by atoms with Crippen LogP contribution in [0.15, 0.2) is 24.3 Å². The van der Waals surface area contributed by atoms with Gasteiger partial charge in [-0.05, 0) is 37.0 Å². The van der Waals surface area contributed by atoms with Gasteiger partial charge in [-0.25, -0.2) is 4.39 Å². The second-order valence-corrected chi connectivity index (χ2v) is 5.27. The van der Waals surface area contributed by atoms with Crippen LogP contribution in [-0.4, -0.2) is 30.4 Å². The fourth-order valence-electron chi connectivity index (χ4n) is 2.49. The molecular weight excluding hydrogens is 243 g/mol. The summed E-state index contributed by atoms with van der Waals surface area (Å²) in [6, 6.07) is 6.31. The molecule has 1 aliphatic heterocycles. The zero-order valence-electron chi connectivity index (χ0n) is 11.4. The molecule has 1 aromatic rings. The van der Waals surface area contributed by atoms with E-state index in [0.717, 1.165) is 25.2 Å². The van der Waals surface area contributed by atoms with Crippen LogP contribution in [0, 0.1) is 11.7 Å². The molecule has 0 radical (unpaired) electrons. The lowest BCUT2D eigenvalue weighted by Gasteiger charge is -2.31. The average Bonchev–Trinajstić information content (AvgIpc) is 2.38. The van der Waals surface area contributed by atoms with Crippen molar-refractivity contribution in [2.24, 2.45) is 5.92 Å². The van der Waals surface area contributed by atoms with Crippen LogP contribution in [-0.2, 0) is 4.79 Å². The van der Waals surface area contributed by atoms with Gasteiger partial charge in [0.15, 0.2) is 0 Å². The summed E-state index contributed by atoms with van der Waals surface area (Å²) in [5, 5.41) is 3.08. The van der Waals surface area contributed by atoms with Crippen LogP contribution < -0.4 is 5.32 Å². The van der Waals surface area contributed by atoms with Crippen LogP contribution >= 0.6 is 0 Å². The minimum Gasteiger partial charge on any atom is -0.384 e. The Labute approximate surface area is 113 Å². The van der Waals surface area contributed by atoms with Gasteiger partial charge < -0.3 is 10.2 Å². The number of halogens is 1. The molecule has 4 heteroatoms. The number of nitrogens with one attached hydrogen (secondary N) is 1. The number of rotatable bonds is 4. The molecule has 1 unspecified atom stereocenters. The predicted octanol–water partition coefficient (Wildman–Crippen LogP) is 2.89. The normalized spacial score (nSPS) is 19.3. The zero-order chi connectivity index (χ0) is 13.7. The Morgan fingerprint density at radius 1 is 1.53 bits per heavy atom. The maximum Gasteiger partial charge on any atom is 0.224 e. The summed E-state index contributed by atoms with van der Waals surface area (Å²) in [5.41, 5.74) is 0.722. The average molecular weight is 264 g/mol. The molecule has 0 aromatic heterocycles. The van der Waals surface area contributed by atoms with Crippen molar-refractivity contribution in [3.05, 3.63) is 30.1 Å². The highest BCUT2D eigenvalue weighted by molar-refractivity contribution is 5.76. The first-order chi connectivity index (χ1) is 9.15. The Bertz CT molecular complexity index is 436. The summed E-state index contributed by atoms with van der Waals surface area (Å²) in [6.07, 6.45) is 2.78. The van der Waals surface area contributed by atoms with E-state index in [1.807, 2.05) is 4.90 Å². The summed E-state index contributed by atoms with van der Waals surface area (Å²) in [7, 11) is 0. The van der Waals surface area contributed by atoms with E-state index in [-0.39, 0.29) is 11.7 Å². The van der Waals surface area contributed by atoms with Crippen molar-refractivity contribution < 1.29 is 9.18 Å². The molecule has 2 rings (SSSR count). The van der Waals surface area contributed by atoms with Crippen molar-refractivity contribution >= 4 is 11.6 Å². The van der Waals surface area contributed by atoms with Gasteiger partial charge in [-0.1, -0.05) is 13.0 Å². The Balaban J connectivity index is 1.74. The minimum atomic E-state index is -0.263. The van der Waals surface area contributed by atoms with Crippen molar-refractivity contribution in [3.63, 3.8) is 0 Å². The van der Waals surface area contributed by atoms with Crippen LogP contribution in [0.25, 0.3) is 0 Å². The van der Waals surface area contributed by atoms with Crippen LogP contribution in [0.5, 0.6) is 0 Å². The Morgan fingerprint density at radius 3 is 3.11 bits per heavy atom. The van der Waals surface area contributed by atoms with Crippen molar-refractivity contribution in [1.29, 1.82) is 0 Å². The minimum absolute atomic E-state index is 0.190. The van der Waals surface area contributed by atoms with E-state index in [1.165, 1.54) is 18.6 Å². The summed E-state index contributed by atoms with van der Waals surface area (Å²) in [4.78, 5) is 14.0. The lowest BCUT2D eigenvalue weighted by atomic mass is 10.00. The van der Waals surface area contributed by atoms with Gasteiger partial charge in [0.25, 0.3) is 0 Å². The largest absolute Gasteiger partial charge is 0.384 e. The van der Waals surface area contributed by atoms with Gasteiger partial charge in [-0.3, -0.25) is 4.79 Å². The summed E-state index contributed by atoms with van der Waals surface area (Å²) >= 11 is 0. The van der Waals surface area contributed by atoms with E-state index in [0.29, 0.717) is 18.9 Å². The number of carbonyl (C=O) groups is 1. The highest BCUT2D eigenvalue weighted by Gasteiger charge is 2.20. The molecule has 1 aliphatic rings. The second-order valence-electron chi connectivity index (χ2n) is 5.27. The monoisotopic (exact) mass is 264 g/mol. The molecule has 19 heavy (non-hydrogen) atoms. The molecular formula is C15H21FN2O. The molecule has 1 atom stereocenters. The third-order valence-electron chi connectivity index (χ3n) is 3.50. The van der Waals surface area contributed by atoms with Crippen LogP contribution in [0.3, 0.4) is 0 Å². The van der Waals surface area contributed by atoms with E-state index < -0.39 is 0 Å². The highest BCUT2D eigenvalue weighted by Crippen LogP contribution is 2.16. The quantitative estimate of drug-likeness (QED) is 0.907. The zero-order valence-corrected chi connectivity index (χ0v) is 11.4. The molecule has 104 valence electrons. The number of hydrogen-bond acceptors (Lipinski definition) is 2. The smallest absolute Gasteiger partial charge is 0.224 e. The van der Waals surface area contributed by atoms with E-state index >= 15 is 0 Å². The van der Waals surface area contributed by atoms with E-state index in [4.69, 9.17) is 0 Å². The number of carbonyl (C=O) groups excluding carboxylic acids is 1. The van der Waals surface area contributed by atoms with Crippen molar-refractivity contribution in [1.82, 2.24) is 4.90 Å². The second kappa shape index (κ2) is 6.55. The molecule has 0 saturated carbocycles. The maximum atomic E-state index is 13.0. The molecule has 1 heterocycles. The molecule has 0 aliphatic carbocycles. The van der Waals surface area contributed by atoms with E-state index in [1.54, 1.807) is 12.1 Å². The number of hydrogen-bond donors (Lipinski definition) is 1. The van der Waals surface area contributed by atoms with Gasteiger partial charge in [-0.2, -0.15) is 0 Å². The fraction of sp³-hybridized carbons (Fsp3) is 0.533. The first-order valence-corrected chi connectivity index (χ1v) is 6.92. The molecule has 1 N–H and O–H groups in total. The summed E-state index contributed by atoms with van der Waals surface area (Å²) in [5.74, 6) is 0.533. The summed E-state index contributed by atoms with van der Waals surface area (Å²) < 4.78 is 13.0. The first-order valence-electron chi connectivity index (χ1n) is 6.92. The van der Waals surface area contributed by atoms with Gasteiger partial charge in [-0.15, -0.1) is 0 Å². The molecule has 1 aromatic carbocycles. The van der Waals surface area contributed by atoms with Gasteiger partial charge in [0.2, 0.25) is 5.91 Å². The Kier molecular flexibility index (Phi) is 4.77. The molecule has 3 nitrogen and oxygen atoms in total.